The number of carbonyl (C=O) groups excluding carboxylic acids is 1. The van der Waals surface area contributed by atoms with Gasteiger partial charge in [-0.05, 0) is 57.4 Å². The van der Waals surface area contributed by atoms with Gasteiger partial charge in [-0.25, -0.2) is 0 Å². The maximum absolute atomic E-state index is 12.7. The van der Waals surface area contributed by atoms with Crippen LogP contribution in [0.4, 0.5) is 0 Å². The molecule has 1 atom stereocenters. The highest BCUT2D eigenvalue weighted by Crippen LogP contribution is 2.59. The average molecular weight is 419 g/mol. The summed E-state index contributed by atoms with van der Waals surface area (Å²) in [7, 11) is 0. The molecule has 1 aliphatic carbocycles. The molecule has 1 aliphatic rings. The van der Waals surface area contributed by atoms with Gasteiger partial charge in [0.05, 0.1) is 9.70 Å². The molecular weight excluding hydrogens is 408 g/mol. The van der Waals surface area contributed by atoms with E-state index >= 15 is 0 Å². The topological polar surface area (TPSA) is 98.0 Å². The first-order valence-corrected chi connectivity index (χ1v) is 8.90. The van der Waals surface area contributed by atoms with Gasteiger partial charge in [-0.1, -0.05) is 6.07 Å². The Morgan fingerprint density at radius 1 is 0.920 bits per heavy atom. The second-order valence-electron chi connectivity index (χ2n) is 5.73. The van der Waals surface area contributed by atoms with Crippen molar-refractivity contribution in [1.29, 1.82) is 0 Å². The minimum absolute atomic E-state index is 0.159. The lowest BCUT2D eigenvalue weighted by Gasteiger charge is -2.06. The van der Waals surface area contributed by atoms with E-state index in [1.807, 2.05) is 0 Å². The average Bonchev–Trinajstić information content (AvgIpc) is 3.15. The van der Waals surface area contributed by atoms with Gasteiger partial charge in [-0.15, -0.1) is 11.3 Å². The molecule has 0 spiro atoms. The third kappa shape index (κ3) is 2.47. The van der Waals surface area contributed by atoms with E-state index < -0.39 is 0 Å². The molecule has 1 aromatic heterocycles. The highest BCUT2D eigenvalue weighted by molar-refractivity contribution is 9.11. The van der Waals surface area contributed by atoms with E-state index in [1.54, 1.807) is 6.07 Å². The second-order valence-corrected chi connectivity index (χ2v) is 8.10. The summed E-state index contributed by atoms with van der Waals surface area (Å²) in [5, 5.41) is 38.2. The van der Waals surface area contributed by atoms with Crippen molar-refractivity contribution in [3.05, 3.63) is 56.2 Å². The van der Waals surface area contributed by atoms with E-state index in [9.17, 15) is 25.2 Å². The Morgan fingerprint density at radius 3 is 2.20 bits per heavy atom. The summed E-state index contributed by atoms with van der Waals surface area (Å²) < 4.78 is 0.847. The molecular formula is C18H11BrO5S. The van der Waals surface area contributed by atoms with Crippen molar-refractivity contribution in [1.82, 2.24) is 0 Å². The maximum atomic E-state index is 12.7. The summed E-state index contributed by atoms with van der Waals surface area (Å²) in [6, 6.07) is 8.54. The molecule has 1 unspecified atom stereocenters. The third-order valence-electron chi connectivity index (χ3n) is 4.18. The van der Waals surface area contributed by atoms with Crippen LogP contribution in [-0.4, -0.2) is 26.2 Å². The van der Waals surface area contributed by atoms with Crippen molar-refractivity contribution in [3.8, 4) is 34.1 Å². The third-order valence-corrected chi connectivity index (χ3v) is 6.13. The molecule has 2 aromatic carbocycles. The zero-order valence-electron chi connectivity index (χ0n) is 12.5. The second kappa shape index (κ2) is 5.50. The minimum Gasteiger partial charge on any atom is -0.504 e. The van der Waals surface area contributed by atoms with Crippen LogP contribution in [0.3, 0.4) is 0 Å². The van der Waals surface area contributed by atoms with E-state index in [4.69, 9.17) is 0 Å². The number of halogens is 1. The Bertz CT molecular complexity index is 1040. The molecule has 0 fully saturated rings. The van der Waals surface area contributed by atoms with Crippen LogP contribution >= 0.6 is 27.3 Å². The lowest BCUT2D eigenvalue weighted by atomic mass is 10.0. The van der Waals surface area contributed by atoms with Crippen molar-refractivity contribution < 1.29 is 25.2 Å². The van der Waals surface area contributed by atoms with E-state index in [2.05, 4.69) is 15.9 Å². The van der Waals surface area contributed by atoms with Gasteiger partial charge >= 0.3 is 0 Å². The molecule has 126 valence electrons. The summed E-state index contributed by atoms with van der Waals surface area (Å²) >= 11 is 4.93. The van der Waals surface area contributed by atoms with Gasteiger partial charge in [0, 0.05) is 16.0 Å². The smallest absolute Gasteiger partial charge is 0.175 e. The highest BCUT2D eigenvalue weighted by Gasteiger charge is 2.45. The summed E-state index contributed by atoms with van der Waals surface area (Å²) in [4.78, 5) is 13.6. The fourth-order valence-electron chi connectivity index (χ4n) is 2.88. The van der Waals surface area contributed by atoms with Crippen molar-refractivity contribution in [3.63, 3.8) is 0 Å². The predicted molar refractivity (Wildman–Crippen MR) is 96.7 cm³/mol. The molecule has 0 saturated heterocycles. The van der Waals surface area contributed by atoms with Crippen molar-refractivity contribution >= 4 is 33.0 Å². The number of benzene rings is 2. The van der Waals surface area contributed by atoms with Gasteiger partial charge in [-0.3, -0.25) is 4.79 Å². The molecule has 0 amide bonds. The van der Waals surface area contributed by atoms with Crippen LogP contribution in [0.2, 0.25) is 0 Å². The molecule has 7 heteroatoms. The first kappa shape index (κ1) is 16.0. The van der Waals surface area contributed by atoms with Crippen LogP contribution in [0.5, 0.6) is 23.0 Å². The molecule has 25 heavy (non-hydrogen) atoms. The number of carbonyl (C=O) groups is 1. The minimum atomic E-state index is -0.388. The number of thiophene rings is 1. The largest absolute Gasteiger partial charge is 0.504 e. The standard InChI is InChI=1S/C18H11BrO5S/c19-18-13(7-1-3-9(20)11(22)5-7)14-15(17(14)25-18)16(24)8-2-4-10(21)12(23)6-8/h1-6,15,20-23H. The summed E-state index contributed by atoms with van der Waals surface area (Å²) in [5.41, 5.74) is 2.71. The zero-order chi connectivity index (χ0) is 17.9. The number of ketones is 1. The van der Waals surface area contributed by atoms with E-state index in [0.717, 1.165) is 19.8 Å². The van der Waals surface area contributed by atoms with E-state index in [-0.39, 0.29) is 34.7 Å². The lowest BCUT2D eigenvalue weighted by Crippen LogP contribution is -2.01. The van der Waals surface area contributed by atoms with Crippen LogP contribution in [0, 0.1) is 0 Å². The summed E-state index contributed by atoms with van der Waals surface area (Å²) in [6.45, 7) is 0. The van der Waals surface area contributed by atoms with E-state index in [1.165, 1.54) is 41.7 Å². The summed E-state index contributed by atoms with van der Waals surface area (Å²) in [6.07, 6.45) is 0. The first-order chi connectivity index (χ1) is 11.9. The molecule has 0 bridgehead atoms. The van der Waals surface area contributed by atoms with Crippen LogP contribution in [-0.2, 0) is 0 Å². The van der Waals surface area contributed by atoms with Crippen LogP contribution in [0.15, 0.2) is 40.2 Å². The van der Waals surface area contributed by atoms with Gasteiger partial charge in [0.2, 0.25) is 0 Å². The number of hydrogen-bond acceptors (Lipinski definition) is 6. The van der Waals surface area contributed by atoms with Gasteiger partial charge in [-0.2, -0.15) is 0 Å². The lowest BCUT2D eigenvalue weighted by molar-refractivity contribution is 0.0988. The summed E-state index contributed by atoms with van der Waals surface area (Å²) in [5.74, 6) is -1.58. The number of phenols is 4. The molecule has 4 rings (SSSR count). The van der Waals surface area contributed by atoms with Gasteiger partial charge in [0.25, 0.3) is 0 Å². The Labute approximate surface area is 154 Å². The number of fused-ring (bicyclic) bond motifs is 1. The quantitative estimate of drug-likeness (QED) is 0.374. The first-order valence-electron chi connectivity index (χ1n) is 7.29. The van der Waals surface area contributed by atoms with Crippen LogP contribution in [0.25, 0.3) is 11.1 Å². The Hall–Kier alpha value is -2.51. The molecule has 5 nitrogen and oxygen atoms in total. The normalized spacial score (nSPS) is 15.0. The van der Waals surface area contributed by atoms with Crippen molar-refractivity contribution in [2.75, 3.05) is 0 Å². The van der Waals surface area contributed by atoms with Crippen LogP contribution in [0.1, 0.15) is 26.7 Å². The number of Topliss-reactive ketones (excluding diaryl/α,β-unsaturated/α-hetero) is 1. The number of rotatable bonds is 3. The fraction of sp³-hybridized carbons (Fsp3) is 0.0556. The Kier molecular flexibility index (Phi) is 3.52. The Balaban J connectivity index is 1.71. The van der Waals surface area contributed by atoms with Gasteiger partial charge in [0.15, 0.2) is 28.8 Å². The fourth-order valence-corrected chi connectivity index (χ4v) is 4.98. The molecule has 0 aliphatic heterocycles. The molecule has 3 aromatic rings. The number of phenolic OH excluding ortho intramolecular Hbond substituents is 4. The van der Waals surface area contributed by atoms with E-state index in [0.29, 0.717) is 11.1 Å². The predicted octanol–water partition coefficient (Wildman–Crippen LogP) is 4.33. The zero-order valence-corrected chi connectivity index (χ0v) is 14.9. The molecule has 4 N–H and O–H groups in total. The van der Waals surface area contributed by atoms with Crippen molar-refractivity contribution in [2.45, 2.75) is 5.92 Å². The maximum Gasteiger partial charge on any atom is 0.175 e. The molecule has 1 heterocycles. The number of hydrogen-bond donors (Lipinski definition) is 4. The van der Waals surface area contributed by atoms with Crippen LogP contribution < -0.4 is 0 Å². The number of aromatic hydroxyl groups is 4. The highest BCUT2D eigenvalue weighted by atomic mass is 79.9. The Morgan fingerprint density at radius 2 is 1.56 bits per heavy atom. The van der Waals surface area contributed by atoms with Gasteiger partial charge < -0.3 is 20.4 Å². The monoisotopic (exact) mass is 418 g/mol. The molecule has 0 radical (unpaired) electrons. The SMILES string of the molecule is O=C(c1ccc(O)c(O)c1)C1c2sc(Br)c(-c3ccc(O)c(O)c3)c21. The van der Waals surface area contributed by atoms with Gasteiger partial charge in [0.1, 0.15) is 0 Å². The molecule has 0 saturated carbocycles. The van der Waals surface area contributed by atoms with Crippen molar-refractivity contribution in [2.24, 2.45) is 0 Å².